The van der Waals surface area contributed by atoms with Crippen LogP contribution in [0.4, 0.5) is 0 Å². The summed E-state index contributed by atoms with van der Waals surface area (Å²) in [6.07, 6.45) is 4.42. The third kappa shape index (κ3) is 2.49. The zero-order chi connectivity index (χ0) is 10.7. The summed E-state index contributed by atoms with van der Waals surface area (Å²) in [5.41, 5.74) is 0. The van der Waals surface area contributed by atoms with Gasteiger partial charge >= 0.3 is 0 Å². The van der Waals surface area contributed by atoms with Crippen LogP contribution in [0.1, 0.15) is 25.6 Å². The second kappa shape index (κ2) is 4.94. The number of likely N-dealkylation sites (tertiary alicyclic amines) is 1. The highest BCUT2D eigenvalue weighted by molar-refractivity contribution is 6.16. The molecule has 0 aliphatic carbocycles. The molecular formula is C10H17ClN4. The Labute approximate surface area is 95.2 Å². The first-order valence-electron chi connectivity index (χ1n) is 5.48. The highest BCUT2D eigenvalue weighted by Crippen LogP contribution is 2.13. The van der Waals surface area contributed by atoms with Gasteiger partial charge in [0.1, 0.15) is 12.2 Å². The lowest BCUT2D eigenvalue weighted by atomic mass is 10.3. The molecule has 1 aliphatic heterocycles. The first kappa shape index (κ1) is 10.9. The minimum atomic E-state index is 0.437. The molecule has 1 aromatic heterocycles. The van der Waals surface area contributed by atoms with Crippen molar-refractivity contribution in [2.45, 2.75) is 38.2 Å². The molecule has 1 aliphatic rings. The van der Waals surface area contributed by atoms with Crippen molar-refractivity contribution >= 4 is 11.6 Å². The summed E-state index contributed by atoms with van der Waals surface area (Å²) in [5, 5.41) is 7.86. The van der Waals surface area contributed by atoms with Crippen molar-refractivity contribution in [1.29, 1.82) is 0 Å². The fraction of sp³-hybridized carbons (Fsp3) is 0.800. The summed E-state index contributed by atoms with van der Waals surface area (Å²) in [5.74, 6) is 1.30. The zero-order valence-corrected chi connectivity index (χ0v) is 9.82. The first-order chi connectivity index (χ1) is 7.31. The van der Waals surface area contributed by atoms with Crippen LogP contribution in [0, 0.1) is 0 Å². The fourth-order valence-corrected chi connectivity index (χ4v) is 2.32. The number of hydrogen-bond acceptors (Lipinski definition) is 3. The molecular weight excluding hydrogens is 212 g/mol. The molecule has 2 rings (SSSR count). The molecule has 1 unspecified atom stereocenters. The predicted molar refractivity (Wildman–Crippen MR) is 59.8 cm³/mol. The van der Waals surface area contributed by atoms with E-state index < -0.39 is 0 Å². The molecule has 2 heterocycles. The number of halogens is 1. The van der Waals surface area contributed by atoms with Gasteiger partial charge in [0.25, 0.3) is 0 Å². The van der Waals surface area contributed by atoms with E-state index in [2.05, 4.69) is 26.6 Å². The monoisotopic (exact) mass is 228 g/mol. The van der Waals surface area contributed by atoms with E-state index in [1.807, 2.05) is 0 Å². The third-order valence-corrected chi connectivity index (χ3v) is 3.28. The molecule has 0 N–H and O–H groups in total. The summed E-state index contributed by atoms with van der Waals surface area (Å²) in [6, 6.07) is 0.547. The largest absolute Gasteiger partial charge is 0.315 e. The van der Waals surface area contributed by atoms with Gasteiger partial charge in [0, 0.05) is 12.6 Å². The Hall–Kier alpha value is -0.610. The third-order valence-electron chi connectivity index (χ3n) is 3.04. The molecule has 0 bridgehead atoms. The average molecular weight is 229 g/mol. The summed E-state index contributed by atoms with van der Waals surface area (Å²) in [6.45, 7) is 5.64. The van der Waals surface area contributed by atoms with Crippen LogP contribution in [-0.4, -0.2) is 38.8 Å². The van der Waals surface area contributed by atoms with Crippen molar-refractivity contribution in [2.75, 3.05) is 13.1 Å². The topological polar surface area (TPSA) is 34.0 Å². The Kier molecular flexibility index (Phi) is 3.59. The summed E-state index contributed by atoms with van der Waals surface area (Å²) < 4.78 is 2.05. The number of alkyl halides is 1. The number of aromatic nitrogens is 3. The van der Waals surface area contributed by atoms with Crippen LogP contribution in [0.25, 0.3) is 0 Å². The normalized spacial score (nSPS) is 19.6. The predicted octanol–water partition coefficient (Wildman–Crippen LogP) is 1.50. The molecule has 1 fully saturated rings. The maximum absolute atomic E-state index is 5.78. The molecule has 0 saturated carbocycles. The molecule has 0 amide bonds. The van der Waals surface area contributed by atoms with Gasteiger partial charge in [-0.15, -0.1) is 21.8 Å². The Morgan fingerprint density at radius 1 is 1.47 bits per heavy atom. The van der Waals surface area contributed by atoms with Crippen molar-refractivity contribution < 1.29 is 0 Å². The fourth-order valence-electron chi connectivity index (χ4n) is 2.12. The van der Waals surface area contributed by atoms with E-state index in [-0.39, 0.29) is 0 Å². The Morgan fingerprint density at radius 3 is 2.87 bits per heavy atom. The summed E-state index contributed by atoms with van der Waals surface area (Å²) in [4.78, 5) is 2.51. The molecule has 0 radical (unpaired) electrons. The van der Waals surface area contributed by atoms with E-state index in [0.29, 0.717) is 11.9 Å². The lowest BCUT2D eigenvalue weighted by Gasteiger charge is -2.24. The molecule has 15 heavy (non-hydrogen) atoms. The average Bonchev–Trinajstić information content (AvgIpc) is 2.87. The quantitative estimate of drug-likeness (QED) is 0.733. The van der Waals surface area contributed by atoms with Crippen molar-refractivity contribution in [3.8, 4) is 0 Å². The second-order valence-electron chi connectivity index (χ2n) is 4.13. The van der Waals surface area contributed by atoms with Gasteiger partial charge in [-0.3, -0.25) is 4.90 Å². The summed E-state index contributed by atoms with van der Waals surface area (Å²) in [7, 11) is 0. The molecule has 1 aromatic rings. The molecule has 1 saturated heterocycles. The van der Waals surface area contributed by atoms with Crippen molar-refractivity contribution in [3.05, 3.63) is 12.2 Å². The van der Waals surface area contributed by atoms with Crippen molar-refractivity contribution in [1.82, 2.24) is 19.7 Å². The number of nitrogens with zero attached hydrogens (tertiary/aromatic N) is 4. The van der Waals surface area contributed by atoms with Gasteiger partial charge in [-0.2, -0.15) is 0 Å². The van der Waals surface area contributed by atoms with E-state index in [0.717, 1.165) is 12.4 Å². The van der Waals surface area contributed by atoms with Gasteiger partial charge < -0.3 is 4.57 Å². The van der Waals surface area contributed by atoms with E-state index in [4.69, 9.17) is 11.6 Å². The van der Waals surface area contributed by atoms with Gasteiger partial charge in [-0.25, -0.2) is 0 Å². The van der Waals surface area contributed by atoms with Gasteiger partial charge in [-0.05, 0) is 32.9 Å². The van der Waals surface area contributed by atoms with Crippen LogP contribution in [0.5, 0.6) is 0 Å². The van der Waals surface area contributed by atoms with Gasteiger partial charge in [0.15, 0.2) is 0 Å². The van der Waals surface area contributed by atoms with Crippen LogP contribution in [0.2, 0.25) is 0 Å². The van der Waals surface area contributed by atoms with Gasteiger partial charge in [0.05, 0.1) is 5.88 Å². The molecule has 0 aromatic carbocycles. The first-order valence-corrected chi connectivity index (χ1v) is 6.01. The minimum absolute atomic E-state index is 0.437. The van der Waals surface area contributed by atoms with Crippen LogP contribution >= 0.6 is 11.6 Å². The summed E-state index contributed by atoms with van der Waals surface area (Å²) >= 11 is 5.78. The molecule has 1 atom stereocenters. The smallest absolute Gasteiger partial charge is 0.147 e. The van der Waals surface area contributed by atoms with Crippen LogP contribution in [0.3, 0.4) is 0 Å². The maximum Gasteiger partial charge on any atom is 0.147 e. The Morgan fingerprint density at radius 2 is 2.20 bits per heavy atom. The molecule has 84 valence electrons. The SMILES string of the molecule is CC(Cn1cnnc1CCl)N1CCCC1. The number of rotatable bonds is 4. The standard InChI is InChI=1S/C10H17ClN4/c1-9(14-4-2-3-5-14)7-15-8-12-13-10(15)6-11/h8-9H,2-7H2,1H3. The molecule has 5 heteroatoms. The highest BCUT2D eigenvalue weighted by atomic mass is 35.5. The van der Waals surface area contributed by atoms with Gasteiger partial charge in [-0.1, -0.05) is 0 Å². The second-order valence-corrected chi connectivity index (χ2v) is 4.39. The van der Waals surface area contributed by atoms with E-state index >= 15 is 0 Å². The highest BCUT2D eigenvalue weighted by Gasteiger charge is 2.18. The maximum atomic E-state index is 5.78. The van der Waals surface area contributed by atoms with E-state index in [1.54, 1.807) is 6.33 Å². The Bertz CT molecular complexity index is 306. The van der Waals surface area contributed by atoms with E-state index in [9.17, 15) is 0 Å². The van der Waals surface area contributed by atoms with Crippen molar-refractivity contribution in [2.24, 2.45) is 0 Å². The van der Waals surface area contributed by atoms with Crippen LogP contribution in [-0.2, 0) is 12.4 Å². The van der Waals surface area contributed by atoms with Gasteiger partial charge in [0.2, 0.25) is 0 Å². The van der Waals surface area contributed by atoms with Crippen LogP contribution in [0.15, 0.2) is 6.33 Å². The molecule has 0 spiro atoms. The lowest BCUT2D eigenvalue weighted by Crippen LogP contribution is -2.33. The van der Waals surface area contributed by atoms with Crippen molar-refractivity contribution in [3.63, 3.8) is 0 Å². The zero-order valence-electron chi connectivity index (χ0n) is 9.06. The molecule has 4 nitrogen and oxygen atoms in total. The minimum Gasteiger partial charge on any atom is -0.315 e. The Balaban J connectivity index is 1.95. The van der Waals surface area contributed by atoms with E-state index in [1.165, 1.54) is 25.9 Å². The van der Waals surface area contributed by atoms with Crippen LogP contribution < -0.4 is 0 Å². The number of hydrogen-bond donors (Lipinski definition) is 0. The lowest BCUT2D eigenvalue weighted by molar-refractivity contribution is 0.234.